The largest absolute Gasteiger partial charge is 0.464 e. The average molecular weight is 817 g/mol. The number of aromatic nitrogens is 2. The van der Waals surface area contributed by atoms with E-state index in [9.17, 15) is 9.59 Å². The van der Waals surface area contributed by atoms with Crippen LogP contribution in [0.2, 0.25) is 5.02 Å². The summed E-state index contributed by atoms with van der Waals surface area (Å²) in [6.45, 7) is 18.1. The maximum Gasteiger partial charge on any atom is 0.356 e. The van der Waals surface area contributed by atoms with Gasteiger partial charge in [-0.15, -0.1) is 0 Å². The molecule has 5 heterocycles. The lowest BCUT2D eigenvalue weighted by Gasteiger charge is -2.48. The number of rotatable bonds is 10. The number of halogens is 1. The number of piperazine rings is 2. The molecule has 1 aliphatic carbocycles. The SMILES string of the molecule is CC[C@H]1CN(c2ccc(C(=O)OC)nc2C)CCN1C1CCCCC1.CC[C@H]1CN(c2ccc(C(=O)OC)nc2C)CCN1C1CCN(Cc2ccc(Cl)cc2)CC1. The Labute approximate surface area is 352 Å². The number of esters is 2. The van der Waals surface area contributed by atoms with Gasteiger partial charge in [-0.2, -0.15) is 0 Å². The van der Waals surface area contributed by atoms with Gasteiger partial charge in [-0.25, -0.2) is 19.6 Å². The van der Waals surface area contributed by atoms with Crippen LogP contribution in [-0.2, 0) is 16.0 Å². The second-order valence-electron chi connectivity index (χ2n) is 16.5. The van der Waals surface area contributed by atoms with Crippen LogP contribution in [0.25, 0.3) is 0 Å². The zero-order valence-electron chi connectivity index (χ0n) is 35.8. The van der Waals surface area contributed by atoms with Crippen molar-refractivity contribution in [3.05, 3.63) is 81.9 Å². The van der Waals surface area contributed by atoms with Crippen molar-refractivity contribution < 1.29 is 19.1 Å². The highest BCUT2D eigenvalue weighted by Gasteiger charge is 2.35. The summed E-state index contributed by atoms with van der Waals surface area (Å²) in [7, 11) is 2.78. The fourth-order valence-electron chi connectivity index (χ4n) is 9.75. The quantitative estimate of drug-likeness (QED) is 0.188. The van der Waals surface area contributed by atoms with Crippen molar-refractivity contribution >= 4 is 34.9 Å². The summed E-state index contributed by atoms with van der Waals surface area (Å²) >= 11 is 6.03. The molecule has 0 N–H and O–H groups in total. The summed E-state index contributed by atoms with van der Waals surface area (Å²) in [5, 5.41) is 0.799. The van der Waals surface area contributed by atoms with Gasteiger partial charge in [0.2, 0.25) is 0 Å². The first kappa shape index (κ1) is 43.8. The monoisotopic (exact) mass is 815 g/mol. The minimum Gasteiger partial charge on any atom is -0.464 e. The molecule has 4 aliphatic rings. The van der Waals surface area contributed by atoms with Crippen LogP contribution in [0.15, 0.2) is 48.5 Å². The average Bonchev–Trinajstić information content (AvgIpc) is 3.27. The fourth-order valence-corrected chi connectivity index (χ4v) is 9.87. The van der Waals surface area contributed by atoms with Crippen molar-refractivity contribution in [3.8, 4) is 0 Å². The van der Waals surface area contributed by atoms with Crippen molar-refractivity contribution in [1.82, 2.24) is 24.7 Å². The van der Waals surface area contributed by atoms with Gasteiger partial charge < -0.3 is 19.3 Å². The van der Waals surface area contributed by atoms with E-state index in [1.54, 1.807) is 12.1 Å². The zero-order valence-corrected chi connectivity index (χ0v) is 36.6. The summed E-state index contributed by atoms with van der Waals surface area (Å²) in [6, 6.07) is 18.4. The molecule has 58 heavy (non-hydrogen) atoms. The molecule has 3 aromatic rings. The van der Waals surface area contributed by atoms with Gasteiger partial charge in [0.15, 0.2) is 0 Å². The van der Waals surface area contributed by atoms with Crippen LogP contribution in [0, 0.1) is 13.8 Å². The van der Waals surface area contributed by atoms with Crippen LogP contribution < -0.4 is 9.80 Å². The Morgan fingerprint density at radius 2 is 1.10 bits per heavy atom. The number of methoxy groups -OCH3 is 2. The van der Waals surface area contributed by atoms with E-state index in [0.717, 1.165) is 99.2 Å². The number of pyridine rings is 2. The molecule has 3 aliphatic heterocycles. The number of hydrogen-bond donors (Lipinski definition) is 0. The van der Waals surface area contributed by atoms with Gasteiger partial charge in [-0.1, -0.05) is 56.8 Å². The van der Waals surface area contributed by atoms with Crippen LogP contribution in [-0.4, -0.2) is 127 Å². The molecule has 12 heteroatoms. The smallest absolute Gasteiger partial charge is 0.356 e. The third-order valence-corrected chi connectivity index (χ3v) is 13.2. The lowest BCUT2D eigenvalue weighted by molar-refractivity contribution is 0.0585. The molecule has 2 atom stereocenters. The van der Waals surface area contributed by atoms with Gasteiger partial charge in [0, 0.05) is 75.0 Å². The van der Waals surface area contributed by atoms with Crippen molar-refractivity contribution in [3.63, 3.8) is 0 Å². The molecule has 0 amide bonds. The molecular weight excluding hydrogens is 750 g/mol. The molecule has 3 saturated heterocycles. The summed E-state index contributed by atoms with van der Waals surface area (Å²) in [5.41, 5.74) is 6.15. The third kappa shape index (κ3) is 10.9. The molecule has 2 aromatic heterocycles. The summed E-state index contributed by atoms with van der Waals surface area (Å²) < 4.78 is 9.58. The van der Waals surface area contributed by atoms with Crippen LogP contribution >= 0.6 is 11.6 Å². The maximum absolute atomic E-state index is 11.8. The van der Waals surface area contributed by atoms with E-state index >= 15 is 0 Å². The fraction of sp³-hybridized carbons (Fsp3) is 0.609. The van der Waals surface area contributed by atoms with Crippen molar-refractivity contribution in [1.29, 1.82) is 0 Å². The highest BCUT2D eigenvalue weighted by molar-refractivity contribution is 6.30. The van der Waals surface area contributed by atoms with E-state index in [1.807, 2.05) is 38.1 Å². The molecular formula is C46H66ClN7O4. The molecule has 1 saturated carbocycles. The molecule has 7 rings (SSSR count). The van der Waals surface area contributed by atoms with Crippen LogP contribution in [0.1, 0.15) is 110 Å². The molecule has 316 valence electrons. The number of ether oxygens (including phenoxy) is 2. The number of benzene rings is 1. The number of aryl methyl sites for hydroxylation is 2. The van der Waals surface area contributed by atoms with E-state index in [4.69, 9.17) is 21.1 Å². The third-order valence-electron chi connectivity index (χ3n) is 13.0. The van der Waals surface area contributed by atoms with Crippen molar-refractivity contribution in [2.45, 2.75) is 116 Å². The van der Waals surface area contributed by atoms with E-state index < -0.39 is 0 Å². The first-order chi connectivity index (χ1) is 28.1. The Balaban J connectivity index is 0.000000203. The molecule has 0 radical (unpaired) electrons. The Kier molecular flexibility index (Phi) is 15.8. The van der Waals surface area contributed by atoms with Crippen LogP contribution in [0.4, 0.5) is 11.4 Å². The van der Waals surface area contributed by atoms with Crippen molar-refractivity contribution in [2.75, 3.05) is 76.4 Å². The highest BCUT2D eigenvalue weighted by Crippen LogP contribution is 2.31. The zero-order chi connectivity index (χ0) is 41.2. The van der Waals surface area contributed by atoms with Gasteiger partial charge in [-0.3, -0.25) is 14.7 Å². The number of likely N-dealkylation sites (tertiary alicyclic amines) is 1. The van der Waals surface area contributed by atoms with Gasteiger partial charge in [0.05, 0.1) is 37.0 Å². The van der Waals surface area contributed by atoms with Gasteiger partial charge in [0.25, 0.3) is 0 Å². The second kappa shape index (κ2) is 21.0. The Morgan fingerprint density at radius 3 is 1.53 bits per heavy atom. The molecule has 0 spiro atoms. The topological polar surface area (TPSA) is 94.6 Å². The summed E-state index contributed by atoms with van der Waals surface area (Å²) in [5.74, 6) is -0.758. The molecule has 11 nitrogen and oxygen atoms in total. The van der Waals surface area contributed by atoms with E-state index in [0.29, 0.717) is 29.5 Å². The molecule has 4 fully saturated rings. The number of piperidine rings is 1. The first-order valence-corrected chi connectivity index (χ1v) is 22.1. The normalized spacial score (nSPS) is 21.6. The summed E-state index contributed by atoms with van der Waals surface area (Å²) in [6.07, 6.45) is 11.7. The number of carbonyl (C=O) groups excluding carboxylic acids is 2. The molecule has 1 aromatic carbocycles. The maximum atomic E-state index is 11.8. The van der Waals surface area contributed by atoms with E-state index in [1.165, 1.54) is 71.1 Å². The van der Waals surface area contributed by atoms with Crippen molar-refractivity contribution in [2.24, 2.45) is 0 Å². The van der Waals surface area contributed by atoms with Gasteiger partial charge >= 0.3 is 11.9 Å². The standard InChI is InChI=1S/C26H35ClN4O2.C20H31N3O2/c1-4-22-18-30(25-10-9-24(26(32)33-3)28-19(25)2)15-16-31(22)23-11-13-29(14-12-23)17-20-5-7-21(27)8-6-20;1-4-16-14-22(12-13-23(16)17-8-6-5-7-9-17)19-11-10-18(20(24)25-3)21-15(19)2/h5-10,22-23H,4,11-18H2,1-3H3;10-11,16-17H,4-9,12-14H2,1-3H3/t22-;16-/m00/s1. The second-order valence-corrected chi connectivity index (χ2v) is 16.9. The minimum atomic E-state index is -0.386. The molecule has 0 unspecified atom stereocenters. The van der Waals surface area contributed by atoms with Crippen LogP contribution in [0.3, 0.4) is 0 Å². The van der Waals surface area contributed by atoms with Crippen LogP contribution in [0.5, 0.6) is 0 Å². The lowest BCUT2D eigenvalue weighted by Crippen LogP contribution is -2.58. The Bertz CT molecular complexity index is 1800. The van der Waals surface area contributed by atoms with E-state index in [2.05, 4.69) is 60.4 Å². The number of nitrogens with zero attached hydrogens (tertiary/aromatic N) is 7. The van der Waals surface area contributed by atoms with Gasteiger partial charge in [-0.05, 0) is 107 Å². The Hall–Kier alpha value is -3.77. The summed E-state index contributed by atoms with van der Waals surface area (Å²) in [4.78, 5) is 45.3. The number of carbonyl (C=O) groups is 2. The van der Waals surface area contributed by atoms with E-state index in [-0.39, 0.29) is 11.9 Å². The Morgan fingerprint density at radius 1 is 0.638 bits per heavy atom. The minimum absolute atomic E-state index is 0.370. The predicted octanol–water partition coefficient (Wildman–Crippen LogP) is 7.81. The number of anilines is 2. The van der Waals surface area contributed by atoms with Gasteiger partial charge in [0.1, 0.15) is 11.4 Å². The highest BCUT2D eigenvalue weighted by atomic mass is 35.5. The lowest BCUT2D eigenvalue weighted by atomic mass is 9.92. The first-order valence-electron chi connectivity index (χ1n) is 21.7. The predicted molar refractivity (Wildman–Crippen MR) is 233 cm³/mol. The molecule has 0 bridgehead atoms. The number of hydrogen-bond acceptors (Lipinski definition) is 11.